The van der Waals surface area contributed by atoms with E-state index in [0.717, 1.165) is 61.2 Å². The third kappa shape index (κ3) is 6.04. The normalized spacial score (nSPS) is 14.7. The number of pyridine rings is 2. The van der Waals surface area contributed by atoms with Gasteiger partial charge >= 0.3 is 0 Å². The number of aromatic nitrogens is 4. The number of benzene rings is 2. The summed E-state index contributed by atoms with van der Waals surface area (Å²) < 4.78 is 2.20. The summed E-state index contributed by atoms with van der Waals surface area (Å²) in [6.45, 7) is 1.96. The van der Waals surface area contributed by atoms with Crippen LogP contribution in [0, 0.1) is 0 Å². The van der Waals surface area contributed by atoms with Gasteiger partial charge in [-0.05, 0) is 54.2 Å². The molecule has 0 fully saturated rings. The van der Waals surface area contributed by atoms with Crippen molar-refractivity contribution < 1.29 is 4.79 Å². The highest BCUT2D eigenvalue weighted by Crippen LogP contribution is 2.34. The number of para-hydroxylation sites is 2. The molecule has 42 heavy (non-hydrogen) atoms. The molecule has 1 amide bonds. The number of hydrogen-bond acceptors (Lipinski definition) is 5. The van der Waals surface area contributed by atoms with Gasteiger partial charge in [0.2, 0.25) is 0 Å². The maximum atomic E-state index is 12.8. The summed E-state index contributed by atoms with van der Waals surface area (Å²) in [7, 11) is 2.09. The number of aryl methyl sites for hydroxylation is 2. The zero-order valence-electron chi connectivity index (χ0n) is 23.4. The molecule has 1 aliphatic rings. The number of rotatable bonds is 9. The number of amides is 1. The molecule has 5 aromatic rings. The van der Waals surface area contributed by atoms with Gasteiger partial charge in [-0.1, -0.05) is 65.7 Å². The molecule has 6 rings (SSSR count). The minimum Gasteiger partial charge on any atom is -0.348 e. The van der Waals surface area contributed by atoms with Crippen LogP contribution in [0.5, 0.6) is 0 Å². The highest BCUT2D eigenvalue weighted by Gasteiger charge is 2.27. The van der Waals surface area contributed by atoms with E-state index >= 15 is 0 Å². The summed E-state index contributed by atoms with van der Waals surface area (Å²) in [5.41, 5.74) is 7.10. The van der Waals surface area contributed by atoms with Crippen LogP contribution in [-0.4, -0.2) is 36.9 Å². The zero-order valence-corrected chi connectivity index (χ0v) is 24.9. The van der Waals surface area contributed by atoms with Crippen LogP contribution in [0.1, 0.15) is 57.5 Å². The molecule has 214 valence electrons. The quantitative estimate of drug-likeness (QED) is 0.204. The van der Waals surface area contributed by atoms with Gasteiger partial charge in [0.15, 0.2) is 0 Å². The highest BCUT2D eigenvalue weighted by atomic mass is 35.5. The number of nitrogens with one attached hydrogen (secondary N) is 1. The van der Waals surface area contributed by atoms with Crippen molar-refractivity contribution in [2.24, 2.45) is 7.05 Å². The molecule has 0 saturated heterocycles. The summed E-state index contributed by atoms with van der Waals surface area (Å²) in [6, 6.07) is 21.1. The van der Waals surface area contributed by atoms with Gasteiger partial charge < -0.3 is 9.88 Å². The van der Waals surface area contributed by atoms with Crippen molar-refractivity contribution in [3.8, 4) is 0 Å². The first-order valence-electron chi connectivity index (χ1n) is 14.2. The minimum absolute atomic E-state index is 0.226. The Hall–Kier alpha value is -3.78. The Labute approximate surface area is 255 Å². The molecule has 3 aromatic heterocycles. The van der Waals surface area contributed by atoms with Gasteiger partial charge in [-0.25, -0.2) is 4.98 Å². The van der Waals surface area contributed by atoms with Crippen LogP contribution in [0.2, 0.25) is 10.0 Å². The van der Waals surface area contributed by atoms with E-state index in [2.05, 4.69) is 63.2 Å². The first-order valence-corrected chi connectivity index (χ1v) is 15.0. The summed E-state index contributed by atoms with van der Waals surface area (Å²) in [6.07, 6.45) is 8.85. The van der Waals surface area contributed by atoms with Crippen LogP contribution in [0.15, 0.2) is 79.3 Å². The third-order valence-electron chi connectivity index (χ3n) is 8.02. The average molecular weight is 600 g/mol. The van der Waals surface area contributed by atoms with Crippen molar-refractivity contribution in [1.82, 2.24) is 29.7 Å². The van der Waals surface area contributed by atoms with Crippen LogP contribution in [0.4, 0.5) is 0 Å². The molecule has 2 aromatic carbocycles. The lowest BCUT2D eigenvalue weighted by molar-refractivity contribution is 0.0951. The van der Waals surface area contributed by atoms with Crippen molar-refractivity contribution in [3.05, 3.63) is 123 Å². The topological polar surface area (TPSA) is 75.9 Å². The van der Waals surface area contributed by atoms with Crippen molar-refractivity contribution in [1.29, 1.82) is 0 Å². The molecular formula is C33H32Cl2N6O. The standard InChI is InChI=1S/C33H32Cl2N6O/c1-40-28-12-3-2-11-27(28)39-30(40)14-16-41(29-13-5-9-24-10-6-15-37-32(24)29)21-23-8-4-7-22(17-23)18-38-33(42)31-25(34)19-36-20-26(31)35/h2-4,6-8,10-12,15,17,19-20,29H,5,9,13-14,16,18,21H2,1H3,(H,38,42). The molecule has 9 heteroatoms. The van der Waals surface area contributed by atoms with Crippen LogP contribution in [0.3, 0.4) is 0 Å². The van der Waals surface area contributed by atoms with Crippen LogP contribution < -0.4 is 5.32 Å². The number of fused-ring (bicyclic) bond motifs is 2. The van der Waals surface area contributed by atoms with Crippen molar-refractivity contribution in [2.45, 2.75) is 44.8 Å². The van der Waals surface area contributed by atoms with Crippen molar-refractivity contribution >= 4 is 40.1 Å². The lowest BCUT2D eigenvalue weighted by atomic mass is 9.90. The minimum atomic E-state index is -0.327. The third-order valence-corrected chi connectivity index (χ3v) is 8.59. The first kappa shape index (κ1) is 28.3. The average Bonchev–Trinajstić information content (AvgIpc) is 3.33. The summed E-state index contributed by atoms with van der Waals surface area (Å²) in [5, 5.41) is 3.41. The second-order valence-electron chi connectivity index (χ2n) is 10.7. The van der Waals surface area contributed by atoms with Gasteiger partial charge in [0.1, 0.15) is 5.82 Å². The Morgan fingerprint density at radius 1 is 1.05 bits per heavy atom. The van der Waals surface area contributed by atoms with E-state index in [4.69, 9.17) is 33.2 Å². The van der Waals surface area contributed by atoms with Gasteiger partial charge in [0.05, 0.1) is 38.4 Å². The van der Waals surface area contributed by atoms with E-state index in [-0.39, 0.29) is 27.6 Å². The van der Waals surface area contributed by atoms with Gasteiger partial charge in [-0.15, -0.1) is 0 Å². The molecule has 0 saturated carbocycles. The molecule has 1 N–H and O–H groups in total. The van der Waals surface area contributed by atoms with E-state index in [1.165, 1.54) is 29.2 Å². The molecule has 0 bridgehead atoms. The second kappa shape index (κ2) is 12.6. The number of halogens is 2. The molecule has 0 aliphatic heterocycles. The van der Waals surface area contributed by atoms with Crippen molar-refractivity contribution in [3.63, 3.8) is 0 Å². The molecule has 1 unspecified atom stereocenters. The number of nitrogens with zero attached hydrogens (tertiary/aromatic N) is 5. The second-order valence-corrected chi connectivity index (χ2v) is 11.5. The lowest BCUT2D eigenvalue weighted by Crippen LogP contribution is -2.33. The number of carbonyl (C=O) groups excluding carboxylic acids is 1. The van der Waals surface area contributed by atoms with Gasteiger partial charge in [0, 0.05) is 51.7 Å². The Balaban J connectivity index is 1.22. The fourth-order valence-corrected chi connectivity index (χ4v) is 6.46. The molecule has 7 nitrogen and oxygen atoms in total. The Bertz CT molecular complexity index is 1720. The smallest absolute Gasteiger partial charge is 0.254 e. The summed E-state index contributed by atoms with van der Waals surface area (Å²) >= 11 is 12.4. The maximum Gasteiger partial charge on any atom is 0.254 e. The maximum absolute atomic E-state index is 12.8. The van der Waals surface area contributed by atoms with Crippen LogP contribution in [-0.2, 0) is 33.0 Å². The van der Waals surface area contributed by atoms with Gasteiger partial charge in [-0.2, -0.15) is 0 Å². The van der Waals surface area contributed by atoms with Gasteiger partial charge in [-0.3, -0.25) is 19.7 Å². The SMILES string of the molecule is Cn1c(CCN(Cc2cccc(CNC(=O)c3c(Cl)cncc3Cl)c2)C2CCCc3cccnc32)nc2ccccc21. The Morgan fingerprint density at radius 2 is 1.86 bits per heavy atom. The van der Waals surface area contributed by atoms with E-state index in [0.29, 0.717) is 6.54 Å². The molecule has 1 aliphatic carbocycles. The monoisotopic (exact) mass is 598 g/mol. The van der Waals surface area contributed by atoms with Gasteiger partial charge in [0.25, 0.3) is 5.91 Å². The van der Waals surface area contributed by atoms with Crippen LogP contribution in [0.25, 0.3) is 11.0 Å². The Kier molecular flexibility index (Phi) is 8.51. The lowest BCUT2D eigenvalue weighted by Gasteiger charge is -2.35. The predicted molar refractivity (Wildman–Crippen MR) is 167 cm³/mol. The molecular weight excluding hydrogens is 567 g/mol. The Morgan fingerprint density at radius 3 is 2.69 bits per heavy atom. The number of carbonyl (C=O) groups is 1. The summed E-state index contributed by atoms with van der Waals surface area (Å²) in [4.78, 5) is 29.1. The van der Waals surface area contributed by atoms with E-state index < -0.39 is 0 Å². The molecule has 0 spiro atoms. The highest BCUT2D eigenvalue weighted by molar-refractivity contribution is 6.39. The first-order chi connectivity index (χ1) is 20.5. The molecule has 0 radical (unpaired) electrons. The van der Waals surface area contributed by atoms with E-state index in [9.17, 15) is 4.79 Å². The molecule has 3 heterocycles. The van der Waals surface area contributed by atoms with Crippen LogP contribution >= 0.6 is 23.2 Å². The summed E-state index contributed by atoms with van der Waals surface area (Å²) in [5.74, 6) is 0.745. The fourth-order valence-electron chi connectivity index (χ4n) is 5.92. The predicted octanol–water partition coefficient (Wildman–Crippen LogP) is 6.72. The zero-order chi connectivity index (χ0) is 29.1. The number of hydrogen-bond donors (Lipinski definition) is 1. The fraction of sp³-hybridized carbons (Fsp3) is 0.273. The number of imidazole rings is 1. The van der Waals surface area contributed by atoms with E-state index in [1.807, 2.05) is 30.5 Å². The largest absolute Gasteiger partial charge is 0.348 e. The van der Waals surface area contributed by atoms with Crippen molar-refractivity contribution in [2.75, 3.05) is 6.54 Å². The van der Waals surface area contributed by atoms with E-state index in [1.54, 1.807) is 0 Å². The molecule has 1 atom stereocenters.